The van der Waals surface area contributed by atoms with E-state index in [9.17, 15) is 9.18 Å². The van der Waals surface area contributed by atoms with E-state index >= 15 is 0 Å². The van der Waals surface area contributed by atoms with Crippen molar-refractivity contribution in [2.24, 2.45) is 0 Å². The molecule has 1 unspecified atom stereocenters. The van der Waals surface area contributed by atoms with Crippen LogP contribution in [0.2, 0.25) is 0 Å². The number of hydrogen-bond acceptors (Lipinski definition) is 4. The maximum Gasteiger partial charge on any atom is 0.174 e. The molecule has 0 saturated carbocycles. The minimum Gasteiger partial charge on any atom is -0.383 e. The largest absolute Gasteiger partial charge is 0.383 e. The monoisotopic (exact) mass is 245 g/mol. The fraction of sp³-hybridized carbons (Fsp3) is 0.750. The van der Waals surface area contributed by atoms with Gasteiger partial charge in [-0.2, -0.15) is 0 Å². The van der Waals surface area contributed by atoms with Gasteiger partial charge >= 0.3 is 0 Å². The van der Waals surface area contributed by atoms with Crippen LogP contribution in [0.5, 0.6) is 0 Å². The number of halogens is 1. The number of ether oxygens (including phenoxy) is 2. The third-order valence-electron chi connectivity index (χ3n) is 2.40. The normalized spacial score (nSPS) is 20.6. The average Bonchev–Trinajstić information content (AvgIpc) is 2.25. The highest BCUT2D eigenvalue weighted by atomic mass is 19.1. The minimum absolute atomic E-state index is 0.00840. The summed E-state index contributed by atoms with van der Waals surface area (Å²) in [4.78, 5) is 11.2. The van der Waals surface area contributed by atoms with Crippen LogP contribution in [-0.2, 0) is 14.3 Å². The number of nitrogens with one attached hydrogen (secondary N) is 1. The van der Waals surface area contributed by atoms with Gasteiger partial charge in [-0.3, -0.25) is 4.79 Å². The van der Waals surface area contributed by atoms with Gasteiger partial charge in [0, 0.05) is 37.8 Å². The van der Waals surface area contributed by atoms with Gasteiger partial charge in [-0.1, -0.05) is 0 Å². The van der Waals surface area contributed by atoms with E-state index in [-0.39, 0.29) is 24.9 Å². The predicted molar refractivity (Wildman–Crippen MR) is 62.3 cm³/mol. The summed E-state index contributed by atoms with van der Waals surface area (Å²) < 4.78 is 23.8. The summed E-state index contributed by atoms with van der Waals surface area (Å²) in [5.74, 6) is -0.171. The zero-order chi connectivity index (χ0) is 12.7. The van der Waals surface area contributed by atoms with Crippen molar-refractivity contribution in [1.82, 2.24) is 5.32 Å². The maximum absolute atomic E-state index is 13.1. The first-order valence-corrected chi connectivity index (χ1v) is 6.00. The molecule has 17 heavy (non-hydrogen) atoms. The van der Waals surface area contributed by atoms with Crippen LogP contribution in [-0.4, -0.2) is 38.0 Å². The molecular weight excluding hydrogens is 225 g/mol. The summed E-state index contributed by atoms with van der Waals surface area (Å²) >= 11 is 0. The Labute approximate surface area is 101 Å². The van der Waals surface area contributed by atoms with Gasteiger partial charge in [0.2, 0.25) is 0 Å². The van der Waals surface area contributed by atoms with E-state index in [1.807, 2.05) is 13.8 Å². The van der Waals surface area contributed by atoms with Gasteiger partial charge < -0.3 is 14.8 Å². The maximum atomic E-state index is 13.1. The summed E-state index contributed by atoms with van der Waals surface area (Å²) in [6.07, 6.45) is 0.279. The van der Waals surface area contributed by atoms with Crippen LogP contribution in [0.4, 0.5) is 4.39 Å². The van der Waals surface area contributed by atoms with Crippen molar-refractivity contribution < 1.29 is 18.7 Å². The van der Waals surface area contributed by atoms with E-state index < -0.39 is 6.17 Å². The number of carbonyl (C=O) groups is 1. The molecular formula is C12H20FNO3. The number of carbonyl (C=O) groups excluding carboxylic acids is 1. The molecule has 1 atom stereocenters. The average molecular weight is 245 g/mol. The van der Waals surface area contributed by atoms with E-state index in [2.05, 4.69) is 5.32 Å². The number of allylic oxidation sites excluding steroid dienone is 2. The molecule has 0 aromatic carbocycles. The lowest BCUT2D eigenvalue weighted by Gasteiger charge is -2.21. The van der Waals surface area contributed by atoms with Crippen LogP contribution >= 0.6 is 0 Å². The fourth-order valence-electron chi connectivity index (χ4n) is 1.72. The third-order valence-corrected chi connectivity index (χ3v) is 2.40. The molecule has 1 aliphatic carbocycles. The quantitative estimate of drug-likeness (QED) is 0.691. The van der Waals surface area contributed by atoms with Crippen LogP contribution < -0.4 is 5.32 Å². The van der Waals surface area contributed by atoms with Crippen LogP contribution in [0.15, 0.2) is 11.8 Å². The first kappa shape index (κ1) is 14.1. The Hall–Kier alpha value is -0.940. The van der Waals surface area contributed by atoms with Gasteiger partial charge in [-0.25, -0.2) is 4.39 Å². The molecule has 0 heterocycles. The second-order valence-corrected chi connectivity index (χ2v) is 3.86. The molecule has 0 radical (unpaired) electrons. The van der Waals surface area contributed by atoms with E-state index in [0.29, 0.717) is 25.5 Å². The molecule has 0 bridgehead atoms. The van der Waals surface area contributed by atoms with Gasteiger partial charge in [-0.15, -0.1) is 0 Å². The molecule has 98 valence electrons. The summed E-state index contributed by atoms with van der Waals surface area (Å²) in [5.41, 5.74) is 0.623. The highest BCUT2D eigenvalue weighted by Crippen LogP contribution is 2.16. The SMILES string of the molecule is CCOC(CNC1=CC(=O)CC(F)C1)OCC. The molecule has 0 amide bonds. The van der Waals surface area contributed by atoms with E-state index in [4.69, 9.17) is 9.47 Å². The molecule has 1 rings (SSSR count). The predicted octanol–water partition coefficient (Wildman–Crippen LogP) is 1.56. The Kier molecular flexibility index (Phi) is 6.15. The van der Waals surface area contributed by atoms with Crippen molar-refractivity contribution in [2.75, 3.05) is 19.8 Å². The van der Waals surface area contributed by atoms with Crippen molar-refractivity contribution in [3.8, 4) is 0 Å². The van der Waals surface area contributed by atoms with Crippen molar-refractivity contribution in [1.29, 1.82) is 0 Å². The standard InChI is InChI=1S/C12H20FNO3/c1-3-16-12(17-4-2)8-14-10-5-9(13)6-11(15)7-10/h7,9,12,14H,3-6,8H2,1-2H3. The first-order valence-electron chi connectivity index (χ1n) is 6.00. The lowest BCUT2D eigenvalue weighted by molar-refractivity contribution is -0.132. The van der Waals surface area contributed by atoms with Gasteiger partial charge in [0.05, 0.1) is 6.54 Å². The number of hydrogen-bond donors (Lipinski definition) is 1. The zero-order valence-electron chi connectivity index (χ0n) is 10.4. The molecule has 1 aliphatic rings. The van der Waals surface area contributed by atoms with Crippen molar-refractivity contribution in [3.63, 3.8) is 0 Å². The van der Waals surface area contributed by atoms with Crippen LogP contribution in [0.25, 0.3) is 0 Å². The van der Waals surface area contributed by atoms with Crippen molar-refractivity contribution >= 4 is 5.78 Å². The number of ketones is 1. The Morgan fingerprint density at radius 3 is 2.59 bits per heavy atom. The molecule has 0 saturated heterocycles. The number of alkyl halides is 1. The Morgan fingerprint density at radius 2 is 2.06 bits per heavy atom. The summed E-state index contributed by atoms with van der Waals surface area (Å²) in [6.45, 7) is 5.29. The summed E-state index contributed by atoms with van der Waals surface area (Å²) in [5, 5.41) is 3.00. The molecule has 0 aliphatic heterocycles. The van der Waals surface area contributed by atoms with Crippen LogP contribution in [0.1, 0.15) is 26.7 Å². The van der Waals surface area contributed by atoms with E-state index in [1.165, 1.54) is 6.08 Å². The molecule has 0 fully saturated rings. The van der Waals surface area contributed by atoms with E-state index in [1.54, 1.807) is 0 Å². The van der Waals surface area contributed by atoms with Crippen molar-refractivity contribution in [3.05, 3.63) is 11.8 Å². The van der Waals surface area contributed by atoms with Crippen molar-refractivity contribution in [2.45, 2.75) is 39.2 Å². The summed E-state index contributed by atoms with van der Waals surface area (Å²) in [6, 6.07) is 0. The molecule has 0 aromatic rings. The van der Waals surface area contributed by atoms with E-state index in [0.717, 1.165) is 0 Å². The second-order valence-electron chi connectivity index (χ2n) is 3.86. The second kappa shape index (κ2) is 7.40. The molecule has 1 N–H and O–H groups in total. The summed E-state index contributed by atoms with van der Waals surface area (Å²) in [7, 11) is 0. The molecule has 5 heteroatoms. The highest BCUT2D eigenvalue weighted by molar-refractivity contribution is 5.91. The van der Waals surface area contributed by atoms with Gasteiger partial charge in [0.25, 0.3) is 0 Å². The van der Waals surface area contributed by atoms with Gasteiger partial charge in [0.15, 0.2) is 12.1 Å². The van der Waals surface area contributed by atoms with Gasteiger partial charge in [-0.05, 0) is 13.8 Å². The lowest BCUT2D eigenvalue weighted by atomic mass is 10.0. The zero-order valence-corrected chi connectivity index (χ0v) is 10.4. The smallest absolute Gasteiger partial charge is 0.174 e. The molecule has 4 nitrogen and oxygen atoms in total. The highest BCUT2D eigenvalue weighted by Gasteiger charge is 2.20. The Balaban J connectivity index is 2.39. The van der Waals surface area contributed by atoms with Crippen LogP contribution in [0.3, 0.4) is 0 Å². The Morgan fingerprint density at radius 1 is 1.41 bits per heavy atom. The topological polar surface area (TPSA) is 47.6 Å². The minimum atomic E-state index is -1.08. The third kappa shape index (κ3) is 5.28. The fourth-order valence-corrected chi connectivity index (χ4v) is 1.72. The first-order chi connectivity index (χ1) is 8.15. The Bertz CT molecular complexity index is 275. The van der Waals surface area contributed by atoms with Gasteiger partial charge in [0.1, 0.15) is 6.17 Å². The van der Waals surface area contributed by atoms with Crippen LogP contribution in [0, 0.1) is 0 Å². The molecule has 0 aromatic heterocycles. The number of rotatable bonds is 7. The lowest BCUT2D eigenvalue weighted by Crippen LogP contribution is -2.33. The molecule has 0 spiro atoms.